The first kappa shape index (κ1) is 28.7. The summed E-state index contributed by atoms with van der Waals surface area (Å²) in [6, 6.07) is 0. The lowest BCUT2D eigenvalue weighted by Crippen LogP contribution is -2.26. The molecule has 14 heteroatoms. The number of hydrogen-bond donors (Lipinski definition) is 4. The number of hydrogen-bond acceptors (Lipinski definition) is 12. The summed E-state index contributed by atoms with van der Waals surface area (Å²) in [5.41, 5.74) is -0.782. The summed E-state index contributed by atoms with van der Waals surface area (Å²) in [6.07, 6.45) is -2.85. The molecule has 0 aromatic heterocycles. The van der Waals surface area contributed by atoms with Crippen molar-refractivity contribution in [2.75, 3.05) is 0 Å². The van der Waals surface area contributed by atoms with Crippen molar-refractivity contribution in [3.8, 4) is 0 Å². The smallest absolute Gasteiger partial charge is 0.387 e. The Labute approximate surface area is 176 Å². The Morgan fingerprint density at radius 2 is 1.13 bits per heavy atom. The molecule has 0 aromatic rings. The van der Waals surface area contributed by atoms with Gasteiger partial charge in [0.15, 0.2) is 5.44 Å². The van der Waals surface area contributed by atoms with E-state index in [2.05, 4.69) is 5.16 Å². The second-order valence-corrected chi connectivity index (χ2v) is 10.9. The number of allylic oxidation sites excluding steroid dienone is 1. The maximum atomic E-state index is 13.2. The van der Waals surface area contributed by atoms with Gasteiger partial charge in [0.05, 0.1) is 24.4 Å². The number of rotatable bonds is 13. The number of carbonyl (C=O) groups is 1. The molecular formula is C16H32N2O10P2. The summed E-state index contributed by atoms with van der Waals surface area (Å²) in [5, 5.41) is 31.9. The van der Waals surface area contributed by atoms with Gasteiger partial charge >= 0.3 is 15.2 Å². The summed E-state index contributed by atoms with van der Waals surface area (Å²) >= 11 is 0. The number of oxime groups is 1. The minimum atomic E-state index is -4.53. The van der Waals surface area contributed by atoms with Crippen molar-refractivity contribution in [1.29, 1.82) is 0 Å². The molecule has 0 bridgehead atoms. The first-order chi connectivity index (χ1) is 13.6. The van der Waals surface area contributed by atoms with Crippen molar-refractivity contribution in [3.05, 3.63) is 11.2 Å². The van der Waals surface area contributed by atoms with Crippen LogP contribution in [0.4, 0.5) is 0 Å². The molecule has 0 unspecified atom stereocenters. The standard InChI is InChI=1S/C16H32N2O10P2/c1-9(2)25-29(23,26-10(3)4)15(17-21)13(19)14(20)16(18-22)30(24,27-11(5)6)28-12(7)8/h9-12,17,19,21-22H,1-8H3/b15-13-,18-16-. The molecule has 4 N–H and O–H groups in total. The van der Waals surface area contributed by atoms with Crippen molar-refractivity contribution in [2.45, 2.75) is 79.8 Å². The fourth-order valence-electron chi connectivity index (χ4n) is 2.05. The van der Waals surface area contributed by atoms with E-state index in [1.807, 2.05) is 0 Å². The number of aliphatic hydroxyl groups is 1. The zero-order chi connectivity index (χ0) is 23.9. The van der Waals surface area contributed by atoms with Gasteiger partial charge in [0.25, 0.3) is 5.78 Å². The number of hydroxylamine groups is 1. The van der Waals surface area contributed by atoms with Crippen LogP contribution < -0.4 is 5.48 Å². The van der Waals surface area contributed by atoms with E-state index < -0.39 is 62.0 Å². The number of nitrogens with one attached hydrogen (secondary N) is 1. The van der Waals surface area contributed by atoms with Gasteiger partial charge in [-0.1, -0.05) is 5.16 Å². The normalized spacial score (nSPS) is 14.6. The molecule has 0 rings (SSSR count). The number of ketones is 1. The van der Waals surface area contributed by atoms with Gasteiger partial charge in [-0.25, -0.2) is 0 Å². The molecule has 0 heterocycles. The van der Waals surface area contributed by atoms with Gasteiger partial charge in [0.1, 0.15) is 0 Å². The molecule has 0 aliphatic heterocycles. The molecule has 0 amide bonds. The second-order valence-electron chi connectivity index (χ2n) is 7.17. The molecule has 0 radical (unpaired) electrons. The van der Waals surface area contributed by atoms with Crippen LogP contribution in [0.5, 0.6) is 0 Å². The van der Waals surface area contributed by atoms with Crippen LogP contribution in [-0.2, 0) is 32.0 Å². The average molecular weight is 474 g/mol. The van der Waals surface area contributed by atoms with Crippen LogP contribution in [-0.4, -0.2) is 51.2 Å². The van der Waals surface area contributed by atoms with Crippen LogP contribution in [0.25, 0.3) is 0 Å². The van der Waals surface area contributed by atoms with Gasteiger partial charge in [-0.05, 0) is 55.4 Å². The van der Waals surface area contributed by atoms with E-state index in [1.165, 1.54) is 60.9 Å². The molecule has 0 saturated heterocycles. The molecule has 0 aliphatic rings. The lowest BCUT2D eigenvalue weighted by Gasteiger charge is -2.25. The van der Waals surface area contributed by atoms with Crippen LogP contribution in [0.2, 0.25) is 0 Å². The number of aliphatic hydroxyl groups excluding tert-OH is 1. The largest absolute Gasteiger partial charge is 0.502 e. The van der Waals surface area contributed by atoms with Crippen LogP contribution >= 0.6 is 15.2 Å². The quantitative estimate of drug-likeness (QED) is 0.0754. The number of carbonyl (C=O) groups excluding carboxylic acids is 1. The first-order valence-electron chi connectivity index (χ1n) is 9.18. The summed E-state index contributed by atoms with van der Waals surface area (Å²) < 4.78 is 47.0. The Morgan fingerprint density at radius 3 is 1.40 bits per heavy atom. The predicted molar refractivity (Wildman–Crippen MR) is 109 cm³/mol. The highest BCUT2D eigenvalue weighted by molar-refractivity contribution is 7.75. The average Bonchev–Trinajstić information content (AvgIpc) is 2.51. The first-order valence-corrected chi connectivity index (χ1v) is 12.3. The molecule has 0 spiro atoms. The van der Waals surface area contributed by atoms with Crippen LogP contribution in [0, 0.1) is 0 Å². The fourth-order valence-corrected chi connectivity index (χ4v) is 5.72. The topological polar surface area (TPSA) is 173 Å². The molecule has 0 saturated carbocycles. The van der Waals surface area contributed by atoms with E-state index in [-0.39, 0.29) is 0 Å². The minimum Gasteiger partial charge on any atom is -0.502 e. The summed E-state index contributed by atoms with van der Waals surface area (Å²) in [7, 11) is -9.00. The van der Waals surface area contributed by atoms with Gasteiger partial charge in [-0.2, -0.15) is 0 Å². The fraction of sp³-hybridized carbons (Fsp3) is 0.750. The molecule has 0 atom stereocenters. The van der Waals surface area contributed by atoms with Gasteiger partial charge < -0.3 is 28.4 Å². The highest BCUT2D eigenvalue weighted by atomic mass is 31.2. The molecule has 12 nitrogen and oxygen atoms in total. The van der Waals surface area contributed by atoms with Gasteiger partial charge in [0, 0.05) is 0 Å². The van der Waals surface area contributed by atoms with E-state index in [4.69, 9.17) is 18.1 Å². The highest BCUT2D eigenvalue weighted by Crippen LogP contribution is 2.58. The molecule has 176 valence electrons. The maximum absolute atomic E-state index is 13.2. The highest BCUT2D eigenvalue weighted by Gasteiger charge is 2.45. The lowest BCUT2D eigenvalue weighted by atomic mass is 10.3. The van der Waals surface area contributed by atoms with Crippen molar-refractivity contribution in [3.63, 3.8) is 0 Å². The Balaban J connectivity index is 6.54. The van der Waals surface area contributed by atoms with Crippen molar-refractivity contribution in [1.82, 2.24) is 5.48 Å². The SMILES string of the molecule is CC(C)OP(=O)(OC(C)C)/C(=N\O)C(=O)/C(O)=C(\NO)P(=O)(OC(C)C)OC(C)C. The van der Waals surface area contributed by atoms with E-state index in [0.717, 1.165) is 0 Å². The Kier molecular flexibility index (Phi) is 11.4. The number of nitrogens with zero attached hydrogens (tertiary/aromatic N) is 1. The summed E-state index contributed by atoms with van der Waals surface area (Å²) in [5.74, 6) is -3.01. The van der Waals surface area contributed by atoms with E-state index in [0.29, 0.717) is 0 Å². The van der Waals surface area contributed by atoms with Crippen LogP contribution in [0.15, 0.2) is 16.4 Å². The Morgan fingerprint density at radius 1 is 0.800 bits per heavy atom. The van der Waals surface area contributed by atoms with Gasteiger partial charge in [0.2, 0.25) is 11.2 Å². The van der Waals surface area contributed by atoms with Crippen molar-refractivity contribution < 1.29 is 47.5 Å². The molecule has 0 fully saturated rings. The predicted octanol–water partition coefficient (Wildman–Crippen LogP) is 4.14. The summed E-state index contributed by atoms with van der Waals surface area (Å²) in [4.78, 5) is 12.8. The van der Waals surface area contributed by atoms with E-state index in [9.17, 15) is 29.4 Å². The zero-order valence-corrected chi connectivity index (χ0v) is 20.1. The van der Waals surface area contributed by atoms with Crippen LogP contribution in [0.1, 0.15) is 55.4 Å². The second kappa shape index (κ2) is 12.0. The van der Waals surface area contributed by atoms with E-state index in [1.54, 1.807) is 0 Å². The summed E-state index contributed by atoms with van der Waals surface area (Å²) in [6.45, 7) is 12.0. The third-order valence-corrected chi connectivity index (χ3v) is 7.24. The third kappa shape index (κ3) is 8.11. The number of Topliss-reactive ketones (excluding diaryl/α,β-unsaturated/α-hetero) is 1. The maximum Gasteiger partial charge on any atom is 0.387 e. The molecule has 0 aliphatic carbocycles. The minimum absolute atomic E-state index is 0.702. The monoisotopic (exact) mass is 474 g/mol. The molecule has 30 heavy (non-hydrogen) atoms. The molecular weight excluding hydrogens is 442 g/mol. The van der Waals surface area contributed by atoms with Gasteiger partial charge in [-0.3, -0.25) is 24.6 Å². The Bertz CT molecular complexity index is 718. The van der Waals surface area contributed by atoms with Crippen molar-refractivity contribution in [2.24, 2.45) is 5.16 Å². The van der Waals surface area contributed by atoms with E-state index >= 15 is 0 Å². The third-order valence-electron chi connectivity index (χ3n) is 2.77. The molecule has 0 aromatic carbocycles. The van der Waals surface area contributed by atoms with Crippen LogP contribution in [0.3, 0.4) is 0 Å². The van der Waals surface area contributed by atoms with Crippen molar-refractivity contribution >= 4 is 26.4 Å². The zero-order valence-electron chi connectivity index (χ0n) is 18.4. The van der Waals surface area contributed by atoms with Gasteiger partial charge in [-0.15, -0.1) is 0 Å². The lowest BCUT2D eigenvalue weighted by molar-refractivity contribution is -0.112. The Hall–Kier alpha value is -1.26.